The molecule has 1 fully saturated rings. The maximum atomic E-state index is 4.36. The summed E-state index contributed by atoms with van der Waals surface area (Å²) < 4.78 is 0. The molecule has 0 N–H and O–H groups in total. The first kappa shape index (κ1) is 10.3. The maximum absolute atomic E-state index is 4.36. The second-order valence-corrected chi connectivity index (χ2v) is 4.32. The molecule has 86 valence electrons. The zero-order valence-electron chi connectivity index (χ0n) is 9.71. The van der Waals surface area contributed by atoms with Crippen LogP contribution in [0, 0.1) is 0 Å². The first-order valence-corrected chi connectivity index (χ1v) is 6.06. The van der Waals surface area contributed by atoms with Gasteiger partial charge in [0, 0.05) is 24.7 Å². The van der Waals surface area contributed by atoms with Crippen LogP contribution in [0.25, 0.3) is 11.3 Å². The highest BCUT2D eigenvalue weighted by atomic mass is 15.2. The zero-order chi connectivity index (χ0) is 11.5. The van der Waals surface area contributed by atoms with Crippen molar-refractivity contribution in [1.82, 2.24) is 9.97 Å². The number of aromatic nitrogens is 2. The highest BCUT2D eigenvalue weighted by Crippen LogP contribution is 2.22. The molecule has 0 spiro atoms. The van der Waals surface area contributed by atoms with Gasteiger partial charge in [0.15, 0.2) is 0 Å². The van der Waals surface area contributed by atoms with E-state index in [9.17, 15) is 0 Å². The quantitative estimate of drug-likeness (QED) is 0.787. The van der Waals surface area contributed by atoms with E-state index in [4.69, 9.17) is 0 Å². The highest BCUT2D eigenvalue weighted by molar-refractivity contribution is 5.62. The topological polar surface area (TPSA) is 29.0 Å². The lowest BCUT2D eigenvalue weighted by molar-refractivity contribution is 0.928. The van der Waals surface area contributed by atoms with Crippen LogP contribution in [0.3, 0.4) is 0 Å². The van der Waals surface area contributed by atoms with Gasteiger partial charge in [0.2, 0.25) is 0 Å². The molecule has 1 aromatic carbocycles. The minimum absolute atomic E-state index is 1.00. The molecule has 0 atom stereocenters. The molecule has 2 aromatic rings. The monoisotopic (exact) mass is 225 g/mol. The van der Waals surface area contributed by atoms with Gasteiger partial charge < -0.3 is 4.90 Å². The van der Waals surface area contributed by atoms with E-state index in [1.807, 2.05) is 18.2 Å². The fourth-order valence-electron chi connectivity index (χ4n) is 2.23. The molecule has 3 heteroatoms. The molecule has 3 nitrogen and oxygen atoms in total. The van der Waals surface area contributed by atoms with Crippen LogP contribution < -0.4 is 4.90 Å². The molecule has 2 heterocycles. The maximum Gasteiger partial charge on any atom is 0.132 e. The van der Waals surface area contributed by atoms with Crippen molar-refractivity contribution < 1.29 is 0 Å². The average Bonchev–Trinajstić information content (AvgIpc) is 2.94. The lowest BCUT2D eigenvalue weighted by Crippen LogP contribution is -2.18. The van der Waals surface area contributed by atoms with E-state index in [0.29, 0.717) is 0 Å². The number of rotatable bonds is 2. The van der Waals surface area contributed by atoms with Crippen molar-refractivity contribution in [3.05, 3.63) is 42.7 Å². The number of anilines is 1. The molecule has 0 unspecified atom stereocenters. The summed E-state index contributed by atoms with van der Waals surface area (Å²) in [4.78, 5) is 11.0. The van der Waals surface area contributed by atoms with Crippen LogP contribution in [0.15, 0.2) is 42.7 Å². The fraction of sp³-hybridized carbons (Fsp3) is 0.286. The third kappa shape index (κ3) is 2.13. The smallest absolute Gasteiger partial charge is 0.132 e. The number of benzene rings is 1. The van der Waals surface area contributed by atoms with Gasteiger partial charge in [-0.3, -0.25) is 0 Å². The Balaban J connectivity index is 1.94. The molecule has 0 bridgehead atoms. The van der Waals surface area contributed by atoms with Gasteiger partial charge in [-0.2, -0.15) is 0 Å². The summed E-state index contributed by atoms with van der Waals surface area (Å²) in [5, 5.41) is 0. The summed E-state index contributed by atoms with van der Waals surface area (Å²) in [5.41, 5.74) is 2.15. The van der Waals surface area contributed by atoms with Crippen molar-refractivity contribution in [1.29, 1.82) is 0 Å². The predicted octanol–water partition coefficient (Wildman–Crippen LogP) is 2.74. The van der Waals surface area contributed by atoms with Crippen LogP contribution in [0.1, 0.15) is 12.8 Å². The van der Waals surface area contributed by atoms with E-state index in [-0.39, 0.29) is 0 Å². The molecular formula is C14H15N3. The summed E-state index contributed by atoms with van der Waals surface area (Å²) >= 11 is 0. The highest BCUT2D eigenvalue weighted by Gasteiger charge is 2.14. The first-order valence-electron chi connectivity index (χ1n) is 6.06. The summed E-state index contributed by atoms with van der Waals surface area (Å²) in [7, 11) is 0. The van der Waals surface area contributed by atoms with Crippen molar-refractivity contribution >= 4 is 5.82 Å². The molecule has 1 saturated heterocycles. The standard InChI is InChI=1S/C14H15N3/c1-2-6-12(7-3-1)13-10-14(16-11-15-13)17-8-4-5-9-17/h1-3,6-7,10-11H,4-5,8-9H2. The second kappa shape index (κ2) is 4.53. The van der Waals surface area contributed by atoms with Crippen molar-refractivity contribution in [3.63, 3.8) is 0 Å². The van der Waals surface area contributed by atoms with Crippen LogP contribution in [-0.4, -0.2) is 23.1 Å². The van der Waals surface area contributed by atoms with E-state index < -0.39 is 0 Å². The molecule has 0 saturated carbocycles. The van der Waals surface area contributed by atoms with Gasteiger partial charge in [-0.15, -0.1) is 0 Å². The van der Waals surface area contributed by atoms with Gasteiger partial charge in [0.05, 0.1) is 5.69 Å². The fourth-order valence-corrected chi connectivity index (χ4v) is 2.23. The molecule has 0 amide bonds. The molecule has 0 radical (unpaired) electrons. The Morgan fingerprint density at radius 1 is 0.941 bits per heavy atom. The van der Waals surface area contributed by atoms with Crippen molar-refractivity contribution in [2.45, 2.75) is 12.8 Å². The van der Waals surface area contributed by atoms with Crippen LogP contribution >= 0.6 is 0 Å². The van der Waals surface area contributed by atoms with Gasteiger partial charge in [-0.25, -0.2) is 9.97 Å². The average molecular weight is 225 g/mol. The van der Waals surface area contributed by atoms with Gasteiger partial charge in [0.25, 0.3) is 0 Å². The molecule has 0 aliphatic carbocycles. The molecule has 1 aromatic heterocycles. The number of hydrogen-bond acceptors (Lipinski definition) is 3. The number of hydrogen-bond donors (Lipinski definition) is 0. The van der Waals surface area contributed by atoms with Crippen LogP contribution in [0.4, 0.5) is 5.82 Å². The Labute approximate surface area is 101 Å². The minimum atomic E-state index is 1.00. The van der Waals surface area contributed by atoms with Crippen molar-refractivity contribution in [2.24, 2.45) is 0 Å². The van der Waals surface area contributed by atoms with Crippen LogP contribution in [-0.2, 0) is 0 Å². The lowest BCUT2D eigenvalue weighted by Gasteiger charge is -2.16. The van der Waals surface area contributed by atoms with Gasteiger partial charge in [-0.1, -0.05) is 30.3 Å². The molecular weight excluding hydrogens is 210 g/mol. The molecule has 3 rings (SSSR count). The summed E-state index contributed by atoms with van der Waals surface area (Å²) in [5.74, 6) is 1.05. The largest absolute Gasteiger partial charge is 0.357 e. The molecule has 17 heavy (non-hydrogen) atoms. The minimum Gasteiger partial charge on any atom is -0.357 e. The normalized spacial score (nSPS) is 15.2. The zero-order valence-corrected chi connectivity index (χ0v) is 9.71. The first-order chi connectivity index (χ1) is 8.43. The summed E-state index contributed by atoms with van der Waals surface area (Å²) in [6.07, 6.45) is 4.20. The van der Waals surface area contributed by atoms with Crippen LogP contribution in [0.5, 0.6) is 0 Å². The SMILES string of the molecule is c1ccc(-c2cc(N3CCCC3)ncn2)cc1. The van der Waals surface area contributed by atoms with Crippen LogP contribution in [0.2, 0.25) is 0 Å². The van der Waals surface area contributed by atoms with Crippen molar-refractivity contribution in [2.75, 3.05) is 18.0 Å². The van der Waals surface area contributed by atoms with Crippen molar-refractivity contribution in [3.8, 4) is 11.3 Å². The van der Waals surface area contributed by atoms with E-state index in [1.165, 1.54) is 12.8 Å². The van der Waals surface area contributed by atoms with E-state index >= 15 is 0 Å². The summed E-state index contributed by atoms with van der Waals surface area (Å²) in [6.45, 7) is 2.23. The Kier molecular flexibility index (Phi) is 2.74. The Morgan fingerprint density at radius 2 is 1.71 bits per heavy atom. The van der Waals surface area contributed by atoms with Gasteiger partial charge in [-0.05, 0) is 12.8 Å². The van der Waals surface area contributed by atoms with E-state index in [0.717, 1.165) is 30.2 Å². The Hall–Kier alpha value is -1.90. The summed E-state index contributed by atoms with van der Waals surface area (Å²) in [6, 6.07) is 12.3. The third-order valence-corrected chi connectivity index (χ3v) is 3.15. The Bertz CT molecular complexity index is 490. The predicted molar refractivity (Wildman–Crippen MR) is 68.9 cm³/mol. The van der Waals surface area contributed by atoms with E-state index in [1.54, 1.807) is 6.33 Å². The molecule has 1 aliphatic rings. The van der Waals surface area contributed by atoms with Gasteiger partial charge in [0.1, 0.15) is 12.1 Å². The number of nitrogens with zero attached hydrogens (tertiary/aromatic N) is 3. The van der Waals surface area contributed by atoms with E-state index in [2.05, 4.69) is 33.1 Å². The molecule has 1 aliphatic heterocycles. The Morgan fingerprint density at radius 3 is 2.47 bits per heavy atom. The third-order valence-electron chi connectivity index (χ3n) is 3.15. The second-order valence-electron chi connectivity index (χ2n) is 4.32. The lowest BCUT2D eigenvalue weighted by atomic mass is 10.1. The van der Waals surface area contributed by atoms with Gasteiger partial charge >= 0.3 is 0 Å².